The molecule has 3 aromatic carbocycles. The lowest BCUT2D eigenvalue weighted by molar-refractivity contribution is -0.118. The van der Waals surface area contributed by atoms with Gasteiger partial charge in [-0.3, -0.25) is 4.79 Å². The maximum Gasteiger partial charge on any atom is 0.407 e. The molecule has 0 saturated carbocycles. The third-order valence-corrected chi connectivity index (χ3v) is 6.86. The highest BCUT2D eigenvalue weighted by Crippen LogP contribution is 2.44. The van der Waals surface area contributed by atoms with Crippen molar-refractivity contribution in [1.82, 2.24) is 10.6 Å². The van der Waals surface area contributed by atoms with E-state index in [2.05, 4.69) is 40.2 Å². The number of fused-ring (bicyclic) bond motifs is 3. The number of rotatable bonds is 10. The number of carbonyl (C=O) groups is 3. The molecule has 3 N–H and O–H groups in total. The predicted molar refractivity (Wildman–Crippen MR) is 160 cm³/mol. The average Bonchev–Trinajstić information content (AvgIpc) is 3.25. The number of ether oxygens (including phenoxy) is 2. The number of alkyl carbamates (subject to hydrolysis) is 2. The molecule has 0 bridgehead atoms. The third-order valence-electron chi connectivity index (χ3n) is 6.86. The van der Waals surface area contributed by atoms with E-state index < -0.39 is 23.8 Å². The van der Waals surface area contributed by atoms with Crippen LogP contribution in [0.2, 0.25) is 0 Å². The number of benzene rings is 3. The number of nitrogens with one attached hydrogen (secondary N) is 3. The minimum absolute atomic E-state index is 0.0769. The molecule has 3 aromatic rings. The second kappa shape index (κ2) is 13.4. The second-order valence-electron chi connectivity index (χ2n) is 11.3. The highest BCUT2D eigenvalue weighted by atomic mass is 16.6. The van der Waals surface area contributed by atoms with Crippen LogP contribution in [-0.2, 0) is 14.3 Å². The van der Waals surface area contributed by atoms with Gasteiger partial charge in [0, 0.05) is 18.2 Å². The van der Waals surface area contributed by atoms with E-state index in [0.29, 0.717) is 31.5 Å². The van der Waals surface area contributed by atoms with Crippen molar-refractivity contribution in [3.63, 3.8) is 0 Å². The number of anilines is 1. The standard InChI is InChI=1S/C33H39N3O5/c1-22-16-18-23(19-17-22)35-30(37)29(15-9-10-20-34-31(38)41-33(2,3)4)36-32(39)40-21-28-26-13-7-5-11-24(26)25-12-6-8-14-27(25)28/h5-8,11-14,16-19,28-29H,9-10,15,20-21H2,1-4H3,(H,34,38)(H,35,37)(H,36,39). The molecule has 1 unspecified atom stereocenters. The second-order valence-corrected chi connectivity index (χ2v) is 11.3. The molecule has 1 aliphatic carbocycles. The molecule has 8 nitrogen and oxygen atoms in total. The van der Waals surface area contributed by atoms with Crippen molar-refractivity contribution in [3.05, 3.63) is 89.5 Å². The van der Waals surface area contributed by atoms with Gasteiger partial charge in [0.05, 0.1) is 0 Å². The highest BCUT2D eigenvalue weighted by Gasteiger charge is 2.30. The fourth-order valence-electron chi connectivity index (χ4n) is 4.90. The first-order valence-electron chi connectivity index (χ1n) is 14.1. The van der Waals surface area contributed by atoms with Crippen LogP contribution in [0.5, 0.6) is 0 Å². The van der Waals surface area contributed by atoms with Gasteiger partial charge in [0.2, 0.25) is 5.91 Å². The number of carbonyl (C=O) groups excluding carboxylic acids is 3. The molecule has 0 radical (unpaired) electrons. The summed E-state index contributed by atoms with van der Waals surface area (Å²) >= 11 is 0. The molecular weight excluding hydrogens is 518 g/mol. The number of hydrogen-bond donors (Lipinski definition) is 3. The first-order chi connectivity index (χ1) is 19.6. The fraction of sp³-hybridized carbons (Fsp3) is 0.364. The zero-order chi connectivity index (χ0) is 29.4. The normalized spacial score (nSPS) is 13.0. The summed E-state index contributed by atoms with van der Waals surface area (Å²) in [6.07, 6.45) is 0.439. The Hall–Kier alpha value is -4.33. The van der Waals surface area contributed by atoms with E-state index in [1.165, 1.54) is 0 Å². The molecule has 216 valence electrons. The first kappa shape index (κ1) is 29.6. The van der Waals surface area contributed by atoms with E-state index >= 15 is 0 Å². The van der Waals surface area contributed by atoms with Crippen molar-refractivity contribution in [1.29, 1.82) is 0 Å². The molecular formula is C33H39N3O5. The van der Waals surface area contributed by atoms with E-state index in [9.17, 15) is 14.4 Å². The molecule has 3 amide bonds. The zero-order valence-electron chi connectivity index (χ0n) is 24.2. The van der Waals surface area contributed by atoms with Crippen LogP contribution < -0.4 is 16.0 Å². The molecule has 4 rings (SSSR count). The Bertz CT molecular complexity index is 1320. The van der Waals surface area contributed by atoms with Crippen LogP contribution >= 0.6 is 0 Å². The first-order valence-corrected chi connectivity index (χ1v) is 14.1. The maximum absolute atomic E-state index is 13.2. The third kappa shape index (κ3) is 8.33. The summed E-state index contributed by atoms with van der Waals surface area (Å²) in [5, 5.41) is 8.37. The van der Waals surface area contributed by atoms with Gasteiger partial charge in [-0.2, -0.15) is 0 Å². The highest BCUT2D eigenvalue weighted by molar-refractivity contribution is 5.96. The van der Waals surface area contributed by atoms with Crippen molar-refractivity contribution < 1.29 is 23.9 Å². The van der Waals surface area contributed by atoms with Gasteiger partial charge in [-0.05, 0) is 81.3 Å². The smallest absolute Gasteiger partial charge is 0.407 e. The van der Waals surface area contributed by atoms with E-state index in [1.54, 1.807) is 20.8 Å². The van der Waals surface area contributed by atoms with Gasteiger partial charge in [-0.25, -0.2) is 9.59 Å². The quantitative estimate of drug-likeness (QED) is 0.246. The van der Waals surface area contributed by atoms with Crippen molar-refractivity contribution in [2.45, 2.75) is 64.5 Å². The summed E-state index contributed by atoms with van der Waals surface area (Å²) in [4.78, 5) is 38.0. The summed E-state index contributed by atoms with van der Waals surface area (Å²) in [5.74, 6) is -0.408. The molecule has 0 heterocycles. The zero-order valence-corrected chi connectivity index (χ0v) is 24.2. The summed E-state index contributed by atoms with van der Waals surface area (Å²) in [5.41, 5.74) is 5.68. The Balaban J connectivity index is 1.35. The van der Waals surface area contributed by atoms with Crippen LogP contribution in [0.15, 0.2) is 72.8 Å². The Morgan fingerprint density at radius 3 is 2.05 bits per heavy atom. The minimum atomic E-state index is -0.812. The molecule has 0 spiro atoms. The van der Waals surface area contributed by atoms with Gasteiger partial charge >= 0.3 is 12.2 Å². The Morgan fingerprint density at radius 2 is 1.44 bits per heavy atom. The van der Waals surface area contributed by atoms with Crippen molar-refractivity contribution >= 4 is 23.8 Å². The van der Waals surface area contributed by atoms with Gasteiger partial charge in [0.15, 0.2) is 0 Å². The SMILES string of the molecule is Cc1ccc(NC(=O)C(CCCCNC(=O)OC(C)(C)C)NC(=O)OCC2c3ccccc3-c3ccccc32)cc1. The Morgan fingerprint density at radius 1 is 0.829 bits per heavy atom. The summed E-state index contributed by atoms with van der Waals surface area (Å²) < 4.78 is 10.9. The van der Waals surface area contributed by atoms with Crippen LogP contribution in [-0.4, -0.2) is 42.9 Å². The molecule has 0 fully saturated rings. The summed E-state index contributed by atoms with van der Waals surface area (Å²) in [7, 11) is 0. The van der Waals surface area contributed by atoms with Gasteiger partial charge < -0.3 is 25.4 Å². The van der Waals surface area contributed by atoms with Crippen molar-refractivity contribution in [2.75, 3.05) is 18.5 Å². The van der Waals surface area contributed by atoms with E-state index in [-0.39, 0.29) is 18.4 Å². The molecule has 1 atom stereocenters. The van der Waals surface area contributed by atoms with Crippen LogP contribution in [0.25, 0.3) is 11.1 Å². The van der Waals surface area contributed by atoms with Gasteiger partial charge in [0.25, 0.3) is 0 Å². The fourth-order valence-corrected chi connectivity index (χ4v) is 4.90. The molecule has 41 heavy (non-hydrogen) atoms. The number of unbranched alkanes of at least 4 members (excludes halogenated alkanes) is 1. The van der Waals surface area contributed by atoms with Crippen molar-refractivity contribution in [2.24, 2.45) is 0 Å². The topological polar surface area (TPSA) is 106 Å². The summed E-state index contributed by atoms with van der Waals surface area (Å²) in [6.45, 7) is 7.94. The van der Waals surface area contributed by atoms with Crippen LogP contribution in [0.1, 0.15) is 62.6 Å². The van der Waals surface area contributed by atoms with Gasteiger partial charge in [-0.15, -0.1) is 0 Å². The number of amides is 3. The van der Waals surface area contributed by atoms with E-state index in [1.807, 2.05) is 55.5 Å². The van der Waals surface area contributed by atoms with Crippen LogP contribution in [0.3, 0.4) is 0 Å². The van der Waals surface area contributed by atoms with Crippen LogP contribution in [0, 0.1) is 6.92 Å². The van der Waals surface area contributed by atoms with E-state index in [0.717, 1.165) is 27.8 Å². The van der Waals surface area contributed by atoms with E-state index in [4.69, 9.17) is 9.47 Å². The average molecular weight is 558 g/mol. The Kier molecular flexibility index (Phi) is 9.65. The van der Waals surface area contributed by atoms with Crippen LogP contribution in [0.4, 0.5) is 15.3 Å². The predicted octanol–water partition coefficient (Wildman–Crippen LogP) is 6.54. The molecule has 1 aliphatic rings. The molecule has 8 heteroatoms. The Labute approximate surface area is 241 Å². The number of aryl methyl sites for hydroxylation is 1. The number of hydrogen-bond acceptors (Lipinski definition) is 5. The van der Waals surface area contributed by atoms with Gasteiger partial charge in [-0.1, -0.05) is 66.2 Å². The maximum atomic E-state index is 13.2. The lowest BCUT2D eigenvalue weighted by Crippen LogP contribution is -2.44. The lowest BCUT2D eigenvalue weighted by atomic mass is 9.98. The summed E-state index contributed by atoms with van der Waals surface area (Å²) in [6, 6.07) is 22.9. The molecule has 0 aliphatic heterocycles. The monoisotopic (exact) mass is 557 g/mol. The molecule has 0 aromatic heterocycles. The largest absolute Gasteiger partial charge is 0.449 e. The minimum Gasteiger partial charge on any atom is -0.449 e. The van der Waals surface area contributed by atoms with Crippen molar-refractivity contribution in [3.8, 4) is 11.1 Å². The lowest BCUT2D eigenvalue weighted by Gasteiger charge is -2.21. The molecule has 0 saturated heterocycles. The van der Waals surface area contributed by atoms with Gasteiger partial charge in [0.1, 0.15) is 18.2 Å².